The molecule has 3 heterocycles. The summed E-state index contributed by atoms with van der Waals surface area (Å²) in [6.07, 6.45) is 8.93. The number of hydrogen-bond donors (Lipinski definition) is 4. The van der Waals surface area contributed by atoms with Gasteiger partial charge in [0.05, 0.1) is 35.0 Å². The average Bonchev–Trinajstić information content (AvgIpc) is 3.26. The highest BCUT2D eigenvalue weighted by Gasteiger charge is 2.56. The average molecular weight is 967 g/mol. The second kappa shape index (κ2) is 25.7. The molecule has 3 aliphatic heterocycles. The third kappa shape index (κ3) is 14.2. The van der Waals surface area contributed by atoms with Gasteiger partial charge < -0.3 is 49.6 Å². The number of carbonyl (C=O) groups excluding carboxylic acids is 4. The number of ketones is 2. The monoisotopic (exact) mass is 965 g/mol. The van der Waals surface area contributed by atoms with Crippen LogP contribution in [0.15, 0.2) is 51.2 Å². The molecule has 64 heavy (non-hydrogen) atoms. The minimum absolute atomic E-state index is 0. The molecule has 15 nitrogen and oxygen atoms in total. The molecule has 1 amide bonds. The number of methoxy groups -OCH3 is 3. The number of carbonyl (C=O) groups is 4. The molecule has 3 fully saturated rings. The molecule has 2 saturated heterocycles. The molecule has 4 rings (SSSR count). The zero-order valence-corrected chi connectivity index (χ0v) is 39.9. The molecule has 0 aromatic carbocycles. The highest BCUT2D eigenvalue weighted by molar-refractivity contribution is 9.12. The van der Waals surface area contributed by atoms with Gasteiger partial charge in [0.25, 0.3) is 11.7 Å². The lowest BCUT2D eigenvalue weighted by Crippen LogP contribution is -2.64. The van der Waals surface area contributed by atoms with Gasteiger partial charge in [-0.25, -0.2) is 4.79 Å². The van der Waals surface area contributed by atoms with E-state index in [1.165, 1.54) is 31.5 Å². The summed E-state index contributed by atoms with van der Waals surface area (Å²) in [5, 5.41) is 34.5. The van der Waals surface area contributed by atoms with Crippen LogP contribution in [-0.2, 0) is 42.9 Å². The molecule has 1 aliphatic carbocycles. The zero-order valence-electron chi connectivity index (χ0n) is 38.3. The second-order valence-electron chi connectivity index (χ2n) is 18.2. The Bertz CT molecular complexity index is 1730. The Labute approximate surface area is 389 Å². The molecule has 0 unspecified atom stereocenters. The van der Waals surface area contributed by atoms with E-state index < -0.39 is 83.9 Å². The predicted octanol–water partition coefficient (Wildman–Crippen LogP) is 5.87. The van der Waals surface area contributed by atoms with E-state index in [0.29, 0.717) is 61.4 Å². The number of esters is 1. The fourth-order valence-electron chi connectivity index (χ4n) is 9.67. The first kappa shape index (κ1) is 55.2. The smallest absolute Gasteiger partial charge is 0.329 e. The van der Waals surface area contributed by atoms with Crippen LogP contribution in [0.3, 0.4) is 0 Å². The third-order valence-corrected chi connectivity index (χ3v) is 13.9. The summed E-state index contributed by atoms with van der Waals surface area (Å²) in [4.78, 5) is 62.7. The van der Waals surface area contributed by atoms with Crippen LogP contribution in [0.2, 0.25) is 0 Å². The van der Waals surface area contributed by atoms with E-state index in [0.717, 1.165) is 5.57 Å². The van der Waals surface area contributed by atoms with E-state index >= 15 is 0 Å². The van der Waals surface area contributed by atoms with Crippen LogP contribution >= 0.6 is 15.9 Å². The van der Waals surface area contributed by atoms with Gasteiger partial charge >= 0.3 is 5.97 Å². The number of piperidine rings is 1. The number of nitrogens with zero attached hydrogens (tertiary/aromatic N) is 2. The number of hydrogen-bond acceptors (Lipinski definition) is 14. The summed E-state index contributed by atoms with van der Waals surface area (Å²) in [6.45, 7) is 9.19. The number of aliphatic hydroxyl groups excluding tert-OH is 2. The lowest BCUT2D eigenvalue weighted by Gasteiger charge is -2.47. The molecule has 0 spiro atoms. The summed E-state index contributed by atoms with van der Waals surface area (Å²) < 4.78 is 30.5. The number of nitrogens with two attached hydrogens (primary N) is 1. The second-order valence-corrected chi connectivity index (χ2v) is 19.1. The number of aliphatic imine (C=N–C) groups is 1. The number of cyclic esters (lactones) is 1. The van der Waals surface area contributed by atoms with E-state index in [1.54, 1.807) is 40.2 Å². The third-order valence-electron chi connectivity index (χ3n) is 13.4. The van der Waals surface area contributed by atoms with Gasteiger partial charge in [-0.1, -0.05) is 52.0 Å². The van der Waals surface area contributed by atoms with Crippen LogP contribution in [-0.4, -0.2) is 132 Å². The first-order valence-electron chi connectivity index (χ1n) is 22.4. The number of fused-ring (bicyclic) bond motifs is 3. The van der Waals surface area contributed by atoms with Gasteiger partial charge in [-0.2, -0.15) is 0 Å². The van der Waals surface area contributed by atoms with E-state index in [4.69, 9.17) is 29.4 Å². The first-order chi connectivity index (χ1) is 29.9. The van der Waals surface area contributed by atoms with E-state index in [9.17, 15) is 34.5 Å². The maximum absolute atomic E-state index is 14.4. The van der Waals surface area contributed by atoms with Gasteiger partial charge in [-0.05, 0) is 111 Å². The largest absolute Gasteiger partial charge is 0.456 e. The molecule has 5 N–H and O–H groups in total. The van der Waals surface area contributed by atoms with Gasteiger partial charge in [0.1, 0.15) is 24.0 Å². The fraction of sp³-hybridized carbons (Fsp3) is 0.729. The Hall–Kier alpha value is -3.09. The molecule has 0 aromatic heterocycles. The van der Waals surface area contributed by atoms with Crippen LogP contribution in [0.1, 0.15) is 113 Å². The van der Waals surface area contributed by atoms with Crippen molar-refractivity contribution in [3.8, 4) is 0 Å². The number of halogens is 1. The normalized spacial score (nSPS) is 38.2. The number of Topliss-reactive ketones (excluding diaryl/α,β-unsaturated/α-hetero) is 2. The van der Waals surface area contributed by atoms with Crippen molar-refractivity contribution in [2.45, 2.75) is 167 Å². The van der Waals surface area contributed by atoms with Crippen molar-refractivity contribution in [2.24, 2.45) is 40.3 Å². The molecule has 14 atom stereocenters. The minimum atomic E-state index is -2.53. The van der Waals surface area contributed by atoms with Gasteiger partial charge in [-0.15, -0.1) is 0 Å². The molecule has 0 radical (unpaired) electrons. The predicted molar refractivity (Wildman–Crippen MR) is 248 cm³/mol. The maximum atomic E-state index is 14.4. The van der Waals surface area contributed by atoms with Crippen molar-refractivity contribution in [1.82, 2.24) is 4.90 Å². The summed E-state index contributed by atoms with van der Waals surface area (Å²) >= 11 is 3.29. The lowest BCUT2D eigenvalue weighted by atomic mass is 9.81. The minimum Gasteiger partial charge on any atom is -0.456 e. The number of amides is 1. The van der Waals surface area contributed by atoms with Crippen molar-refractivity contribution in [2.75, 3.05) is 27.9 Å². The quantitative estimate of drug-likeness (QED) is 0.0922. The highest BCUT2D eigenvalue weighted by atomic mass is 79.9. The number of rotatable bonds is 9. The van der Waals surface area contributed by atoms with Crippen LogP contribution in [0.5, 0.6) is 0 Å². The zero-order chi connectivity index (χ0) is 46.6. The standard InChI is InChI=1S/C47H72BrN3O12.CH4/c1-27-18-28(2)20-40(60-7)43-41(61-8)22-30(4)47(58,63-43)44(55)45(56)51-17-10-9-13-35(51)46(57)62-42(29(3)21-32-14-15-36(52)39(23-32)59-6)31(5)37(53)24-38(54)33(19-27)12-11-16-50-26-34(48)25-49;/h11,16,19,21,25-26,28,30-33,35-37,39-43,52-53,58H,9-10,12-15,17-18,20,22-24,49H2,1-8H3;1H4/b16-11+,27-19+,29-21+,34-25?,50-26?;/t28-,30+,31+,32-,33+,35-,36+,37-,39+,40-,41-,42+,43+,47+;/m0./s1. The Morgan fingerprint density at radius 3 is 2.30 bits per heavy atom. The highest BCUT2D eigenvalue weighted by Crippen LogP contribution is 2.39. The summed E-state index contributed by atoms with van der Waals surface area (Å²) in [5.74, 6) is -8.10. The topological polar surface area (TPSA) is 217 Å². The van der Waals surface area contributed by atoms with E-state index in [1.807, 2.05) is 26.0 Å². The van der Waals surface area contributed by atoms with Crippen molar-refractivity contribution >= 4 is 45.6 Å². The Kier molecular flexibility index (Phi) is 22.2. The van der Waals surface area contributed by atoms with Crippen molar-refractivity contribution in [1.29, 1.82) is 0 Å². The molecule has 1 saturated carbocycles. The van der Waals surface area contributed by atoms with Crippen LogP contribution in [0.25, 0.3) is 0 Å². The van der Waals surface area contributed by atoms with Gasteiger partial charge in [-0.3, -0.25) is 19.4 Å². The Balaban J connectivity index is 0.0000109. The van der Waals surface area contributed by atoms with Gasteiger partial charge in [0.15, 0.2) is 0 Å². The van der Waals surface area contributed by atoms with Crippen LogP contribution < -0.4 is 5.73 Å². The molecular weight excluding hydrogens is 890 g/mol. The van der Waals surface area contributed by atoms with Crippen molar-refractivity contribution in [3.05, 3.63) is 46.3 Å². The van der Waals surface area contributed by atoms with Crippen LogP contribution in [0, 0.1) is 29.6 Å². The number of ether oxygens (including phenoxy) is 5. The van der Waals surface area contributed by atoms with Gasteiger partial charge in [0.2, 0.25) is 5.79 Å². The summed E-state index contributed by atoms with van der Waals surface area (Å²) in [6, 6.07) is -1.17. The van der Waals surface area contributed by atoms with Crippen molar-refractivity contribution < 1.29 is 58.2 Å². The first-order valence-corrected chi connectivity index (χ1v) is 23.2. The molecule has 2 bridgehead atoms. The lowest BCUT2D eigenvalue weighted by molar-refractivity contribution is -0.302. The molecule has 362 valence electrons. The Morgan fingerprint density at radius 2 is 1.64 bits per heavy atom. The number of allylic oxidation sites excluding steroid dienone is 5. The van der Waals surface area contributed by atoms with Crippen LogP contribution in [0.4, 0.5) is 0 Å². The fourth-order valence-corrected chi connectivity index (χ4v) is 9.79. The SMILES string of the molecule is C.CO[C@H]1C[C@@H](C)C/C(C)=C/[C@@H](C/C=C/N=CC(Br)=CN)C(=O)C[C@H](O)[C@@H](C)[C@@H](/C(C)=C/[C@@H]2CC[C@@H](O)[C@H](OC)C2)OC(=O)[C@@H]2CCCCN2C(=O)C(=O)[C@]2(O)O[C@H]1[C@@H](OC)C[C@H]2C. The number of aliphatic hydroxyl groups is 3. The molecule has 0 aromatic rings. The molecular formula is C48H76BrN3O12. The molecule has 4 aliphatic rings. The molecule has 16 heteroatoms. The maximum Gasteiger partial charge on any atom is 0.329 e. The van der Waals surface area contributed by atoms with E-state index in [-0.39, 0.29) is 57.0 Å². The Morgan fingerprint density at radius 1 is 0.969 bits per heavy atom. The summed E-state index contributed by atoms with van der Waals surface area (Å²) in [5.41, 5.74) is 7.08. The van der Waals surface area contributed by atoms with E-state index in [2.05, 4.69) is 20.9 Å². The summed E-state index contributed by atoms with van der Waals surface area (Å²) in [7, 11) is 4.59. The van der Waals surface area contributed by atoms with Gasteiger partial charge in [0, 0.05) is 70.7 Å². The van der Waals surface area contributed by atoms with Crippen molar-refractivity contribution in [3.63, 3.8) is 0 Å².